The van der Waals surface area contributed by atoms with Gasteiger partial charge in [0.15, 0.2) is 0 Å². The van der Waals surface area contributed by atoms with Crippen molar-refractivity contribution < 1.29 is 0 Å². The standard InChI is InChI=1S/C18H36N2/c1-13(2)19-12-14-9-10-20(18(6,7)8)15(14)11-16(19)17(3,4)5/h13-16H,9-12H2,1-8H3. The molecule has 0 aliphatic carbocycles. The highest BCUT2D eigenvalue weighted by atomic mass is 15.3. The molecule has 0 radical (unpaired) electrons. The van der Waals surface area contributed by atoms with E-state index in [9.17, 15) is 0 Å². The average molecular weight is 280 g/mol. The van der Waals surface area contributed by atoms with E-state index in [0.29, 0.717) is 23.0 Å². The van der Waals surface area contributed by atoms with Crippen molar-refractivity contribution in [2.45, 2.75) is 91.9 Å². The fourth-order valence-electron chi connectivity index (χ4n) is 4.47. The molecule has 2 fully saturated rings. The van der Waals surface area contributed by atoms with Crippen molar-refractivity contribution in [3.63, 3.8) is 0 Å². The summed E-state index contributed by atoms with van der Waals surface area (Å²) in [7, 11) is 0. The summed E-state index contributed by atoms with van der Waals surface area (Å²) in [5, 5.41) is 0. The Kier molecular flexibility index (Phi) is 4.30. The Hall–Kier alpha value is -0.0800. The molecule has 118 valence electrons. The fourth-order valence-corrected chi connectivity index (χ4v) is 4.47. The largest absolute Gasteiger partial charge is 0.297 e. The minimum Gasteiger partial charge on any atom is -0.297 e. The molecule has 0 amide bonds. The highest BCUT2D eigenvalue weighted by Crippen LogP contribution is 2.42. The smallest absolute Gasteiger partial charge is 0.0162 e. The molecular weight excluding hydrogens is 244 g/mol. The molecule has 0 bridgehead atoms. The van der Waals surface area contributed by atoms with E-state index in [-0.39, 0.29) is 0 Å². The molecule has 0 spiro atoms. The van der Waals surface area contributed by atoms with Crippen LogP contribution in [0.15, 0.2) is 0 Å². The van der Waals surface area contributed by atoms with Crippen LogP contribution >= 0.6 is 0 Å². The molecule has 0 aromatic carbocycles. The molecule has 3 atom stereocenters. The molecule has 2 nitrogen and oxygen atoms in total. The van der Waals surface area contributed by atoms with E-state index < -0.39 is 0 Å². The van der Waals surface area contributed by atoms with Crippen LogP contribution in [0.2, 0.25) is 0 Å². The monoisotopic (exact) mass is 280 g/mol. The van der Waals surface area contributed by atoms with Gasteiger partial charge < -0.3 is 0 Å². The third kappa shape index (κ3) is 3.06. The molecule has 0 aromatic rings. The van der Waals surface area contributed by atoms with E-state index in [4.69, 9.17) is 0 Å². The quantitative estimate of drug-likeness (QED) is 0.716. The second-order valence-corrected chi connectivity index (χ2v) is 9.39. The van der Waals surface area contributed by atoms with Crippen molar-refractivity contribution in [3.8, 4) is 0 Å². The van der Waals surface area contributed by atoms with Crippen LogP contribution in [0, 0.1) is 11.3 Å². The zero-order valence-corrected chi connectivity index (χ0v) is 15.0. The van der Waals surface area contributed by atoms with Crippen molar-refractivity contribution >= 4 is 0 Å². The Morgan fingerprint density at radius 1 is 1.00 bits per heavy atom. The van der Waals surface area contributed by atoms with Crippen LogP contribution in [-0.4, -0.2) is 46.6 Å². The lowest BCUT2D eigenvalue weighted by Crippen LogP contribution is -2.59. The van der Waals surface area contributed by atoms with Gasteiger partial charge in [0.05, 0.1) is 0 Å². The predicted octanol–water partition coefficient (Wildman–Crippen LogP) is 4.00. The molecule has 3 unspecified atom stereocenters. The third-order valence-electron chi connectivity index (χ3n) is 5.52. The second kappa shape index (κ2) is 5.28. The Labute approximate surface area is 126 Å². The van der Waals surface area contributed by atoms with Crippen molar-refractivity contribution in [1.29, 1.82) is 0 Å². The van der Waals surface area contributed by atoms with E-state index in [1.54, 1.807) is 0 Å². The van der Waals surface area contributed by atoms with Gasteiger partial charge in [0.1, 0.15) is 0 Å². The first kappa shape index (κ1) is 16.3. The lowest BCUT2D eigenvalue weighted by Gasteiger charge is -2.52. The first-order chi connectivity index (χ1) is 9.01. The summed E-state index contributed by atoms with van der Waals surface area (Å²) in [5.74, 6) is 0.884. The normalized spacial score (nSPS) is 33.8. The van der Waals surface area contributed by atoms with Gasteiger partial charge in [-0.3, -0.25) is 9.80 Å². The summed E-state index contributed by atoms with van der Waals surface area (Å²) in [6.07, 6.45) is 2.74. The van der Waals surface area contributed by atoms with Crippen LogP contribution in [-0.2, 0) is 0 Å². The average Bonchev–Trinajstić information content (AvgIpc) is 2.67. The predicted molar refractivity (Wildman–Crippen MR) is 88.1 cm³/mol. The molecule has 0 aromatic heterocycles. The topological polar surface area (TPSA) is 6.48 Å². The van der Waals surface area contributed by atoms with Gasteiger partial charge in [-0.2, -0.15) is 0 Å². The summed E-state index contributed by atoms with van der Waals surface area (Å²) in [5.41, 5.74) is 0.698. The number of hydrogen-bond donors (Lipinski definition) is 0. The van der Waals surface area contributed by atoms with E-state index in [0.717, 1.165) is 12.0 Å². The van der Waals surface area contributed by atoms with E-state index in [1.165, 1.54) is 25.9 Å². The highest BCUT2D eigenvalue weighted by molar-refractivity contribution is 5.03. The van der Waals surface area contributed by atoms with E-state index >= 15 is 0 Å². The van der Waals surface area contributed by atoms with Gasteiger partial charge in [-0.05, 0) is 65.3 Å². The lowest BCUT2D eigenvalue weighted by atomic mass is 9.75. The van der Waals surface area contributed by atoms with Gasteiger partial charge in [-0.25, -0.2) is 0 Å². The number of hydrogen-bond acceptors (Lipinski definition) is 2. The molecule has 0 N–H and O–H groups in total. The van der Waals surface area contributed by atoms with Crippen LogP contribution < -0.4 is 0 Å². The van der Waals surface area contributed by atoms with Gasteiger partial charge in [-0.1, -0.05) is 20.8 Å². The lowest BCUT2D eigenvalue weighted by molar-refractivity contribution is -0.0267. The Bertz CT molecular complexity index is 334. The van der Waals surface area contributed by atoms with Gasteiger partial charge >= 0.3 is 0 Å². The van der Waals surface area contributed by atoms with E-state index in [2.05, 4.69) is 65.2 Å². The molecule has 2 heteroatoms. The molecule has 20 heavy (non-hydrogen) atoms. The fraction of sp³-hybridized carbons (Fsp3) is 1.00. The molecule has 2 saturated heterocycles. The maximum Gasteiger partial charge on any atom is 0.0162 e. The summed E-state index contributed by atoms with van der Waals surface area (Å²) in [6.45, 7) is 21.8. The molecule has 2 aliphatic rings. The summed E-state index contributed by atoms with van der Waals surface area (Å²) in [4.78, 5) is 5.57. The number of rotatable bonds is 1. The van der Waals surface area contributed by atoms with Gasteiger partial charge in [0.2, 0.25) is 0 Å². The maximum atomic E-state index is 2.79. The molecule has 2 rings (SSSR count). The summed E-state index contributed by atoms with van der Waals surface area (Å²) < 4.78 is 0. The SMILES string of the molecule is CC(C)N1CC2CCN(C(C)(C)C)C2CC1C(C)(C)C. The molecule has 2 heterocycles. The molecule has 2 aliphatic heterocycles. The zero-order valence-electron chi connectivity index (χ0n) is 15.0. The van der Waals surface area contributed by atoms with Gasteiger partial charge in [0, 0.05) is 30.2 Å². The van der Waals surface area contributed by atoms with Crippen molar-refractivity contribution in [2.24, 2.45) is 11.3 Å². The number of fused-ring (bicyclic) bond motifs is 1. The minimum absolute atomic E-state index is 0.321. The Balaban J connectivity index is 2.22. The van der Waals surface area contributed by atoms with Crippen molar-refractivity contribution in [1.82, 2.24) is 9.80 Å². The van der Waals surface area contributed by atoms with Gasteiger partial charge in [0.25, 0.3) is 0 Å². The van der Waals surface area contributed by atoms with Crippen LogP contribution in [0.4, 0.5) is 0 Å². The van der Waals surface area contributed by atoms with Crippen molar-refractivity contribution in [3.05, 3.63) is 0 Å². The Morgan fingerprint density at radius 2 is 1.60 bits per heavy atom. The van der Waals surface area contributed by atoms with Crippen LogP contribution in [0.25, 0.3) is 0 Å². The first-order valence-corrected chi connectivity index (χ1v) is 8.54. The third-order valence-corrected chi connectivity index (χ3v) is 5.52. The first-order valence-electron chi connectivity index (χ1n) is 8.54. The van der Waals surface area contributed by atoms with Crippen LogP contribution in [0.5, 0.6) is 0 Å². The maximum absolute atomic E-state index is 2.79. The Morgan fingerprint density at radius 3 is 2.05 bits per heavy atom. The summed E-state index contributed by atoms with van der Waals surface area (Å²) >= 11 is 0. The zero-order chi connectivity index (χ0) is 15.3. The second-order valence-electron chi connectivity index (χ2n) is 9.39. The number of nitrogens with zero attached hydrogens (tertiary/aromatic N) is 2. The van der Waals surface area contributed by atoms with Gasteiger partial charge in [-0.15, -0.1) is 0 Å². The van der Waals surface area contributed by atoms with E-state index in [1.807, 2.05) is 0 Å². The van der Waals surface area contributed by atoms with Crippen molar-refractivity contribution in [2.75, 3.05) is 13.1 Å². The van der Waals surface area contributed by atoms with Crippen LogP contribution in [0.3, 0.4) is 0 Å². The number of likely N-dealkylation sites (tertiary alicyclic amines) is 2. The molecule has 0 saturated carbocycles. The molecular formula is C18H36N2. The minimum atomic E-state index is 0.321. The van der Waals surface area contributed by atoms with Crippen LogP contribution in [0.1, 0.15) is 68.2 Å². The number of piperidine rings is 1. The highest BCUT2D eigenvalue weighted by Gasteiger charge is 2.48. The summed E-state index contributed by atoms with van der Waals surface area (Å²) in [6, 6.07) is 2.18.